The number of methoxy groups -OCH3 is 1. The van der Waals surface area contributed by atoms with Crippen LogP contribution >= 0.6 is 0 Å². The molecule has 4 rings (SSSR count). The lowest BCUT2D eigenvalue weighted by atomic mass is 10.0. The number of nitrogens with zero attached hydrogens (tertiary/aromatic N) is 3. The largest absolute Gasteiger partial charge is 0.497 e. The highest BCUT2D eigenvalue weighted by atomic mass is 16.5. The Labute approximate surface area is 197 Å². The topological polar surface area (TPSA) is 57.2 Å². The van der Waals surface area contributed by atoms with Crippen LogP contribution in [-0.4, -0.2) is 67.0 Å². The number of aliphatic imine (C=N–C) groups is 1. The zero-order chi connectivity index (χ0) is 23.2. The summed E-state index contributed by atoms with van der Waals surface area (Å²) in [5.74, 6) is 1.94. The Balaban J connectivity index is 1.46. The van der Waals surface area contributed by atoms with E-state index in [2.05, 4.69) is 57.6 Å². The molecule has 0 radical (unpaired) electrons. The first kappa shape index (κ1) is 22.9. The van der Waals surface area contributed by atoms with Crippen LogP contribution in [0.25, 0.3) is 0 Å². The minimum Gasteiger partial charge on any atom is -0.497 e. The van der Waals surface area contributed by atoms with Gasteiger partial charge in [-0.05, 0) is 49.9 Å². The molecule has 6 heteroatoms. The molecule has 2 heterocycles. The van der Waals surface area contributed by atoms with E-state index < -0.39 is 0 Å². The van der Waals surface area contributed by atoms with Gasteiger partial charge in [0, 0.05) is 25.2 Å². The number of rotatable bonds is 9. The number of allylic oxidation sites excluding steroid dienone is 1. The number of ether oxygens (including phenoxy) is 1. The SMILES string of the molecule is C/C=C(\C)C(=O)NCCN1C2=NC[C@H](Cc3ccccc3)N2C[C@@H]1Cc1ccc(OC)cc1. The van der Waals surface area contributed by atoms with Crippen LogP contribution < -0.4 is 10.1 Å². The summed E-state index contributed by atoms with van der Waals surface area (Å²) in [6.45, 7) is 6.84. The average Bonchev–Trinajstić information content (AvgIpc) is 3.39. The molecule has 0 spiro atoms. The maximum atomic E-state index is 12.2. The lowest BCUT2D eigenvalue weighted by molar-refractivity contribution is -0.117. The van der Waals surface area contributed by atoms with Crippen LogP contribution in [0.1, 0.15) is 25.0 Å². The quantitative estimate of drug-likeness (QED) is 0.601. The lowest BCUT2D eigenvalue weighted by Crippen LogP contribution is -2.42. The summed E-state index contributed by atoms with van der Waals surface area (Å²) >= 11 is 0. The summed E-state index contributed by atoms with van der Waals surface area (Å²) in [6.07, 6.45) is 3.77. The van der Waals surface area contributed by atoms with E-state index in [1.165, 1.54) is 11.1 Å². The molecule has 1 fully saturated rings. The van der Waals surface area contributed by atoms with E-state index in [0.717, 1.165) is 49.8 Å². The van der Waals surface area contributed by atoms with Gasteiger partial charge in [-0.3, -0.25) is 9.79 Å². The van der Waals surface area contributed by atoms with E-state index in [-0.39, 0.29) is 5.91 Å². The van der Waals surface area contributed by atoms with Gasteiger partial charge < -0.3 is 19.9 Å². The second-order valence-corrected chi connectivity index (χ2v) is 8.76. The molecule has 6 nitrogen and oxygen atoms in total. The average molecular weight is 447 g/mol. The van der Waals surface area contributed by atoms with E-state index in [1.807, 2.05) is 32.1 Å². The maximum Gasteiger partial charge on any atom is 0.246 e. The fourth-order valence-electron chi connectivity index (χ4n) is 4.63. The summed E-state index contributed by atoms with van der Waals surface area (Å²) in [5, 5.41) is 3.05. The fourth-order valence-corrected chi connectivity index (χ4v) is 4.63. The normalized spacial score (nSPS) is 20.0. The van der Waals surface area contributed by atoms with Crippen LogP contribution in [0.3, 0.4) is 0 Å². The van der Waals surface area contributed by atoms with Gasteiger partial charge in [0.1, 0.15) is 5.75 Å². The van der Waals surface area contributed by atoms with Crippen LogP contribution in [0, 0.1) is 0 Å². The van der Waals surface area contributed by atoms with Crippen molar-refractivity contribution in [1.29, 1.82) is 0 Å². The number of hydrogen-bond acceptors (Lipinski definition) is 5. The molecule has 2 aliphatic heterocycles. The third-order valence-electron chi connectivity index (χ3n) is 6.62. The van der Waals surface area contributed by atoms with Crippen molar-refractivity contribution in [3.05, 3.63) is 77.4 Å². The Morgan fingerprint density at radius 2 is 1.79 bits per heavy atom. The van der Waals surface area contributed by atoms with Gasteiger partial charge in [0.15, 0.2) is 5.96 Å². The number of hydrogen-bond donors (Lipinski definition) is 1. The zero-order valence-electron chi connectivity index (χ0n) is 19.8. The van der Waals surface area contributed by atoms with Crippen molar-refractivity contribution in [2.75, 3.05) is 33.3 Å². The van der Waals surface area contributed by atoms with Gasteiger partial charge in [0.05, 0.1) is 25.7 Å². The number of carbonyl (C=O) groups excluding carboxylic acids is 1. The van der Waals surface area contributed by atoms with Crippen molar-refractivity contribution in [3.8, 4) is 5.75 Å². The van der Waals surface area contributed by atoms with Crippen molar-refractivity contribution in [2.45, 2.75) is 38.8 Å². The highest BCUT2D eigenvalue weighted by molar-refractivity contribution is 5.92. The van der Waals surface area contributed by atoms with Crippen LogP contribution in [0.4, 0.5) is 0 Å². The summed E-state index contributed by atoms with van der Waals surface area (Å²) < 4.78 is 5.31. The minimum absolute atomic E-state index is 0.00410. The number of amides is 1. The number of guanidine groups is 1. The molecule has 1 N–H and O–H groups in total. The van der Waals surface area contributed by atoms with Gasteiger partial charge in [-0.15, -0.1) is 0 Å². The summed E-state index contributed by atoms with van der Waals surface area (Å²) in [7, 11) is 1.69. The standard InChI is InChI=1S/C27H34N4O2/c1-4-20(2)26(32)28-14-15-30-24(17-22-10-12-25(33-3)13-11-22)19-31-23(18-29-27(30)31)16-21-8-6-5-7-9-21/h4-13,23-24H,14-19H2,1-3H3,(H,28,32)/b20-4+/t23-,24-/m0/s1. The number of nitrogens with one attached hydrogen (secondary N) is 1. The van der Waals surface area contributed by atoms with Gasteiger partial charge >= 0.3 is 0 Å². The monoisotopic (exact) mass is 446 g/mol. The van der Waals surface area contributed by atoms with Gasteiger partial charge in [-0.2, -0.15) is 0 Å². The molecule has 33 heavy (non-hydrogen) atoms. The Bertz CT molecular complexity index is 1000. The minimum atomic E-state index is -0.00410. The van der Waals surface area contributed by atoms with Crippen LogP contribution in [0.5, 0.6) is 5.75 Å². The van der Waals surface area contributed by atoms with Gasteiger partial charge in [-0.25, -0.2) is 0 Å². The van der Waals surface area contributed by atoms with E-state index in [4.69, 9.17) is 9.73 Å². The van der Waals surface area contributed by atoms with Gasteiger partial charge in [-0.1, -0.05) is 48.5 Å². The first-order valence-corrected chi connectivity index (χ1v) is 11.7. The zero-order valence-corrected chi connectivity index (χ0v) is 19.8. The molecule has 0 unspecified atom stereocenters. The van der Waals surface area contributed by atoms with Crippen LogP contribution in [0.15, 0.2) is 71.2 Å². The Kier molecular flexibility index (Phi) is 7.33. The second kappa shape index (κ2) is 10.6. The van der Waals surface area contributed by atoms with E-state index in [0.29, 0.717) is 18.6 Å². The number of benzene rings is 2. The number of carbonyl (C=O) groups is 1. The molecule has 0 saturated carbocycles. The third kappa shape index (κ3) is 5.38. The fraction of sp³-hybridized carbons (Fsp3) is 0.407. The first-order chi connectivity index (χ1) is 16.1. The van der Waals surface area contributed by atoms with Crippen molar-refractivity contribution in [2.24, 2.45) is 4.99 Å². The van der Waals surface area contributed by atoms with Gasteiger partial charge in [0.25, 0.3) is 0 Å². The highest BCUT2D eigenvalue weighted by Crippen LogP contribution is 2.28. The van der Waals surface area contributed by atoms with Crippen LogP contribution in [-0.2, 0) is 17.6 Å². The molecular weight excluding hydrogens is 412 g/mol. The Morgan fingerprint density at radius 1 is 1.09 bits per heavy atom. The van der Waals surface area contributed by atoms with Crippen molar-refractivity contribution >= 4 is 11.9 Å². The summed E-state index contributed by atoms with van der Waals surface area (Å²) in [6, 6.07) is 19.7. The molecule has 174 valence electrons. The van der Waals surface area contributed by atoms with E-state index >= 15 is 0 Å². The molecule has 1 amide bonds. The van der Waals surface area contributed by atoms with Crippen LogP contribution in [0.2, 0.25) is 0 Å². The Morgan fingerprint density at radius 3 is 2.48 bits per heavy atom. The second-order valence-electron chi connectivity index (χ2n) is 8.76. The molecule has 0 bridgehead atoms. The molecule has 1 saturated heterocycles. The lowest BCUT2D eigenvalue weighted by Gasteiger charge is -2.25. The Hall–Kier alpha value is -3.28. The smallest absolute Gasteiger partial charge is 0.246 e. The molecule has 2 aliphatic rings. The number of fused-ring (bicyclic) bond motifs is 1. The molecular formula is C27H34N4O2. The van der Waals surface area contributed by atoms with Crippen molar-refractivity contribution < 1.29 is 9.53 Å². The first-order valence-electron chi connectivity index (χ1n) is 11.7. The summed E-state index contributed by atoms with van der Waals surface area (Å²) in [4.78, 5) is 22.0. The van der Waals surface area contributed by atoms with Crippen molar-refractivity contribution in [3.63, 3.8) is 0 Å². The van der Waals surface area contributed by atoms with Crippen molar-refractivity contribution in [1.82, 2.24) is 15.1 Å². The summed E-state index contributed by atoms with van der Waals surface area (Å²) in [5.41, 5.74) is 3.37. The maximum absolute atomic E-state index is 12.2. The molecule has 2 aromatic rings. The van der Waals surface area contributed by atoms with E-state index in [1.54, 1.807) is 7.11 Å². The predicted molar refractivity (Wildman–Crippen MR) is 133 cm³/mol. The highest BCUT2D eigenvalue weighted by Gasteiger charge is 2.41. The molecule has 0 aromatic heterocycles. The molecule has 0 aliphatic carbocycles. The van der Waals surface area contributed by atoms with E-state index in [9.17, 15) is 4.79 Å². The molecule has 2 aromatic carbocycles. The predicted octanol–water partition coefficient (Wildman–Crippen LogP) is 3.29. The van der Waals surface area contributed by atoms with Gasteiger partial charge in [0.2, 0.25) is 5.91 Å². The third-order valence-corrected chi connectivity index (χ3v) is 6.62. The molecule has 2 atom stereocenters.